The van der Waals surface area contributed by atoms with Gasteiger partial charge in [0, 0.05) is 17.8 Å². The fourth-order valence-corrected chi connectivity index (χ4v) is 2.10. The molecule has 2 nitrogen and oxygen atoms in total. The van der Waals surface area contributed by atoms with E-state index in [0.717, 1.165) is 23.7 Å². The van der Waals surface area contributed by atoms with Gasteiger partial charge in [-0.15, -0.1) is 6.42 Å². The Hall–Kier alpha value is -1.46. The first-order valence-electron chi connectivity index (χ1n) is 6.17. The number of terminal acetylenes is 1. The van der Waals surface area contributed by atoms with Crippen molar-refractivity contribution in [2.24, 2.45) is 5.92 Å². The lowest BCUT2D eigenvalue weighted by Gasteiger charge is -2.26. The third-order valence-electron chi connectivity index (χ3n) is 3.19. The first kappa shape index (κ1) is 12.0. The number of hydrogen-bond donors (Lipinski definition) is 1. The minimum atomic E-state index is -0.453. The van der Waals surface area contributed by atoms with E-state index in [1.165, 1.54) is 12.8 Å². The molecule has 1 saturated carbocycles. The van der Waals surface area contributed by atoms with Crippen molar-refractivity contribution in [2.45, 2.75) is 25.9 Å². The minimum Gasteiger partial charge on any atom is -0.389 e. The monoisotopic (exact) mass is 229 g/mol. The number of aliphatic hydroxyl groups excluding tert-OH is 1. The zero-order valence-corrected chi connectivity index (χ0v) is 10.3. The number of aliphatic hydroxyl groups is 1. The molecule has 0 radical (unpaired) electrons. The van der Waals surface area contributed by atoms with Gasteiger partial charge in [-0.2, -0.15) is 0 Å². The van der Waals surface area contributed by atoms with Gasteiger partial charge < -0.3 is 10.0 Å². The predicted molar refractivity (Wildman–Crippen MR) is 70.8 cm³/mol. The molecule has 0 heterocycles. The van der Waals surface area contributed by atoms with E-state index in [1.807, 2.05) is 24.3 Å². The number of hydrogen-bond acceptors (Lipinski definition) is 2. The number of nitrogens with zero attached hydrogens (tertiary/aromatic N) is 1. The van der Waals surface area contributed by atoms with E-state index < -0.39 is 6.10 Å². The van der Waals surface area contributed by atoms with E-state index in [0.29, 0.717) is 6.54 Å². The topological polar surface area (TPSA) is 23.5 Å². The van der Waals surface area contributed by atoms with E-state index in [2.05, 4.69) is 10.8 Å². The molecule has 1 aliphatic rings. The second kappa shape index (κ2) is 5.25. The Kier molecular flexibility index (Phi) is 3.71. The summed E-state index contributed by atoms with van der Waals surface area (Å²) in [4.78, 5) is 2.21. The van der Waals surface area contributed by atoms with Gasteiger partial charge in [0.2, 0.25) is 0 Å². The third-order valence-corrected chi connectivity index (χ3v) is 3.19. The van der Waals surface area contributed by atoms with Crippen molar-refractivity contribution in [3.63, 3.8) is 0 Å². The van der Waals surface area contributed by atoms with Crippen molar-refractivity contribution in [1.82, 2.24) is 0 Å². The van der Waals surface area contributed by atoms with Gasteiger partial charge in [0.15, 0.2) is 0 Å². The van der Waals surface area contributed by atoms with E-state index in [9.17, 15) is 5.11 Å². The zero-order valence-electron chi connectivity index (χ0n) is 10.3. The fraction of sp³-hybridized carbons (Fsp3) is 0.467. The van der Waals surface area contributed by atoms with Gasteiger partial charge in [-0.1, -0.05) is 24.1 Å². The normalized spacial score (nSPS) is 16.3. The van der Waals surface area contributed by atoms with Gasteiger partial charge in [0.05, 0.1) is 12.6 Å². The van der Waals surface area contributed by atoms with Gasteiger partial charge in [-0.25, -0.2) is 0 Å². The highest BCUT2D eigenvalue weighted by atomic mass is 16.3. The van der Waals surface area contributed by atoms with Crippen LogP contribution in [0.3, 0.4) is 0 Å². The van der Waals surface area contributed by atoms with Crippen molar-refractivity contribution >= 4 is 5.69 Å². The molecule has 0 amide bonds. The molecule has 1 fully saturated rings. The standard InChI is InChI=1S/C15H19NO/c1-3-10-16(11-13-8-9-13)15-7-5-4-6-14(15)12(2)17/h1,4-7,12-13,17H,8-11H2,2H3/t12-/m0/s1. The molecule has 1 aromatic carbocycles. The molecule has 2 heteroatoms. The Morgan fingerprint density at radius 3 is 2.76 bits per heavy atom. The van der Waals surface area contributed by atoms with Crippen LogP contribution in [0.2, 0.25) is 0 Å². The molecule has 1 aromatic rings. The second-order valence-corrected chi connectivity index (χ2v) is 4.76. The van der Waals surface area contributed by atoms with E-state index in [4.69, 9.17) is 6.42 Å². The van der Waals surface area contributed by atoms with E-state index >= 15 is 0 Å². The van der Waals surface area contributed by atoms with Crippen molar-refractivity contribution in [3.8, 4) is 12.3 Å². The highest BCUT2D eigenvalue weighted by Crippen LogP contribution is 2.33. The molecule has 0 aromatic heterocycles. The fourth-order valence-electron chi connectivity index (χ4n) is 2.10. The second-order valence-electron chi connectivity index (χ2n) is 4.76. The van der Waals surface area contributed by atoms with Gasteiger partial charge in [-0.3, -0.25) is 0 Å². The quantitative estimate of drug-likeness (QED) is 0.784. The third kappa shape index (κ3) is 3.01. The average Bonchev–Trinajstić information content (AvgIpc) is 3.12. The van der Waals surface area contributed by atoms with Crippen molar-refractivity contribution in [2.75, 3.05) is 18.0 Å². The van der Waals surface area contributed by atoms with E-state index in [-0.39, 0.29) is 0 Å². The summed E-state index contributed by atoms with van der Waals surface area (Å²) in [5.41, 5.74) is 2.04. The largest absolute Gasteiger partial charge is 0.389 e. The summed E-state index contributed by atoms with van der Waals surface area (Å²) in [7, 11) is 0. The SMILES string of the molecule is C#CCN(CC1CC1)c1ccccc1[C@H](C)O. The Balaban J connectivity index is 2.24. The smallest absolute Gasteiger partial charge is 0.0791 e. The van der Waals surface area contributed by atoms with Gasteiger partial charge >= 0.3 is 0 Å². The highest BCUT2D eigenvalue weighted by Gasteiger charge is 2.25. The van der Waals surface area contributed by atoms with Gasteiger partial charge in [0.25, 0.3) is 0 Å². The van der Waals surface area contributed by atoms with Crippen LogP contribution in [0.15, 0.2) is 24.3 Å². The van der Waals surface area contributed by atoms with Crippen molar-refractivity contribution in [3.05, 3.63) is 29.8 Å². The minimum absolute atomic E-state index is 0.453. The number of benzene rings is 1. The molecule has 0 aliphatic heterocycles. The maximum absolute atomic E-state index is 9.79. The van der Waals surface area contributed by atoms with Crippen LogP contribution < -0.4 is 4.90 Å². The van der Waals surface area contributed by atoms with Crippen LogP contribution in [0.4, 0.5) is 5.69 Å². The van der Waals surface area contributed by atoms with Crippen LogP contribution in [-0.2, 0) is 0 Å². The summed E-state index contributed by atoms with van der Waals surface area (Å²) >= 11 is 0. The highest BCUT2D eigenvalue weighted by molar-refractivity contribution is 5.55. The molecule has 1 N–H and O–H groups in total. The van der Waals surface area contributed by atoms with Gasteiger partial charge in [0.1, 0.15) is 0 Å². The van der Waals surface area contributed by atoms with Crippen LogP contribution in [0.25, 0.3) is 0 Å². The maximum Gasteiger partial charge on any atom is 0.0791 e. The van der Waals surface area contributed by atoms with Crippen LogP contribution in [0.5, 0.6) is 0 Å². The Morgan fingerprint density at radius 2 is 2.18 bits per heavy atom. The lowest BCUT2D eigenvalue weighted by molar-refractivity contribution is 0.199. The molecule has 0 unspecified atom stereocenters. The summed E-state index contributed by atoms with van der Waals surface area (Å²) in [6, 6.07) is 7.96. The number of anilines is 1. The molecule has 0 bridgehead atoms. The summed E-state index contributed by atoms with van der Waals surface area (Å²) in [5.74, 6) is 3.49. The first-order chi connectivity index (χ1) is 8.22. The lowest BCUT2D eigenvalue weighted by atomic mass is 10.1. The van der Waals surface area contributed by atoms with E-state index in [1.54, 1.807) is 6.92 Å². The molecule has 17 heavy (non-hydrogen) atoms. The molecule has 90 valence electrons. The predicted octanol–water partition coefficient (Wildman–Crippen LogP) is 2.59. The average molecular weight is 229 g/mol. The Morgan fingerprint density at radius 1 is 1.47 bits per heavy atom. The molecule has 1 aliphatic carbocycles. The van der Waals surface area contributed by atoms with Crippen LogP contribution >= 0.6 is 0 Å². The number of rotatable bonds is 5. The first-order valence-corrected chi connectivity index (χ1v) is 6.17. The summed E-state index contributed by atoms with van der Waals surface area (Å²) < 4.78 is 0. The molecule has 0 saturated heterocycles. The molecule has 1 atom stereocenters. The Labute approximate surface area is 103 Å². The molecular formula is C15H19NO. The van der Waals surface area contributed by atoms with Gasteiger partial charge in [-0.05, 0) is 31.7 Å². The summed E-state index contributed by atoms with van der Waals surface area (Å²) in [5, 5.41) is 9.79. The molecule has 2 rings (SSSR count). The van der Waals surface area contributed by atoms with Crippen LogP contribution in [0, 0.1) is 18.3 Å². The molecule has 0 spiro atoms. The summed E-state index contributed by atoms with van der Waals surface area (Å²) in [6.07, 6.45) is 7.59. The van der Waals surface area contributed by atoms with Crippen LogP contribution in [0.1, 0.15) is 31.4 Å². The van der Waals surface area contributed by atoms with Crippen molar-refractivity contribution in [1.29, 1.82) is 0 Å². The summed E-state index contributed by atoms with van der Waals surface area (Å²) in [6.45, 7) is 3.41. The lowest BCUT2D eigenvalue weighted by Crippen LogP contribution is -2.27. The van der Waals surface area contributed by atoms with Crippen LogP contribution in [-0.4, -0.2) is 18.2 Å². The number of para-hydroxylation sites is 1. The maximum atomic E-state index is 9.79. The Bertz CT molecular complexity index is 415. The molecular weight excluding hydrogens is 210 g/mol. The zero-order chi connectivity index (χ0) is 12.3. The van der Waals surface area contributed by atoms with Crippen molar-refractivity contribution < 1.29 is 5.11 Å².